The van der Waals surface area contributed by atoms with Gasteiger partial charge in [-0.15, -0.1) is 0 Å². The van der Waals surface area contributed by atoms with Crippen LogP contribution in [0.3, 0.4) is 0 Å². The molecule has 1 aliphatic rings. The highest BCUT2D eigenvalue weighted by Gasteiger charge is 2.47. The molecule has 0 saturated carbocycles. The number of benzene rings is 2. The molecule has 5 heteroatoms. The predicted molar refractivity (Wildman–Crippen MR) is 104 cm³/mol. The molecule has 1 aromatic heterocycles. The molecule has 0 N–H and O–H groups in total. The number of anilines is 1. The number of nitrogens with zero attached hydrogens (tertiary/aromatic N) is 3. The summed E-state index contributed by atoms with van der Waals surface area (Å²) in [6, 6.07) is 21.7. The number of aryl methyl sites for hydroxylation is 2. The van der Waals surface area contributed by atoms with E-state index in [-0.39, 0.29) is 24.0 Å². The Labute approximate surface area is 159 Å². The second-order valence-corrected chi connectivity index (χ2v) is 7.03. The molecule has 4 rings (SSSR count). The number of carbonyl (C=O) groups is 1. The van der Waals surface area contributed by atoms with Gasteiger partial charge in [-0.05, 0) is 44.5 Å². The van der Waals surface area contributed by atoms with E-state index >= 15 is 0 Å². The molecule has 0 radical (unpaired) electrons. The molecule has 3 atom stereocenters. The van der Waals surface area contributed by atoms with Crippen LogP contribution in [0.15, 0.2) is 66.7 Å². The molecule has 1 saturated heterocycles. The van der Waals surface area contributed by atoms with Gasteiger partial charge in [-0.25, -0.2) is 9.75 Å². The van der Waals surface area contributed by atoms with Crippen LogP contribution in [-0.4, -0.2) is 21.8 Å². The first-order valence-corrected chi connectivity index (χ1v) is 9.20. The molecule has 138 valence electrons. The Morgan fingerprint density at radius 2 is 1.63 bits per heavy atom. The Morgan fingerprint density at radius 3 is 2.22 bits per heavy atom. The second-order valence-electron chi connectivity index (χ2n) is 7.03. The maximum Gasteiger partial charge on any atom is 0.255 e. The molecule has 0 bridgehead atoms. The fraction of sp³-hybridized carbons (Fsp3) is 0.273. The lowest BCUT2D eigenvalue weighted by Gasteiger charge is -2.27. The summed E-state index contributed by atoms with van der Waals surface area (Å²) in [6.07, 6.45) is -0.271. The Morgan fingerprint density at radius 1 is 1.00 bits per heavy atom. The molecule has 0 unspecified atom stereocenters. The van der Waals surface area contributed by atoms with Crippen LogP contribution >= 0.6 is 0 Å². The van der Waals surface area contributed by atoms with Gasteiger partial charge in [-0.2, -0.15) is 5.10 Å². The average Bonchev–Trinajstić information content (AvgIpc) is 3.21. The SMILES string of the molecule is Cc1cc(C)n(C(=O)[C@@H]2[C@@H](C)ON(c3ccccc3)[C@H]2c2ccccc2)n1. The van der Waals surface area contributed by atoms with E-state index in [1.165, 1.54) is 4.68 Å². The molecule has 0 spiro atoms. The van der Waals surface area contributed by atoms with Gasteiger partial charge in [0.05, 0.1) is 29.4 Å². The molecule has 2 aromatic carbocycles. The van der Waals surface area contributed by atoms with Gasteiger partial charge < -0.3 is 0 Å². The van der Waals surface area contributed by atoms with E-state index in [1.807, 2.05) is 92.6 Å². The summed E-state index contributed by atoms with van der Waals surface area (Å²) in [7, 11) is 0. The van der Waals surface area contributed by atoms with Crippen LogP contribution in [0.4, 0.5) is 5.69 Å². The van der Waals surface area contributed by atoms with E-state index in [0.717, 1.165) is 22.6 Å². The van der Waals surface area contributed by atoms with Crippen molar-refractivity contribution in [1.82, 2.24) is 9.78 Å². The van der Waals surface area contributed by atoms with Crippen molar-refractivity contribution in [3.63, 3.8) is 0 Å². The maximum absolute atomic E-state index is 13.4. The highest BCUT2D eigenvalue weighted by Crippen LogP contribution is 2.43. The van der Waals surface area contributed by atoms with Crippen molar-refractivity contribution in [2.24, 2.45) is 5.92 Å². The summed E-state index contributed by atoms with van der Waals surface area (Å²) in [5.41, 5.74) is 3.66. The van der Waals surface area contributed by atoms with Crippen LogP contribution in [0, 0.1) is 19.8 Å². The van der Waals surface area contributed by atoms with Crippen LogP contribution in [0.1, 0.15) is 34.7 Å². The molecule has 0 aliphatic carbocycles. The molecule has 2 heterocycles. The number of para-hydroxylation sites is 1. The molecule has 3 aromatic rings. The molecule has 27 heavy (non-hydrogen) atoms. The van der Waals surface area contributed by atoms with E-state index in [4.69, 9.17) is 4.84 Å². The van der Waals surface area contributed by atoms with Gasteiger partial charge in [-0.3, -0.25) is 9.63 Å². The zero-order valence-corrected chi connectivity index (χ0v) is 15.7. The Hall–Kier alpha value is -2.92. The van der Waals surface area contributed by atoms with Crippen LogP contribution in [-0.2, 0) is 4.84 Å². The van der Waals surface area contributed by atoms with Gasteiger partial charge in [-0.1, -0.05) is 48.5 Å². The van der Waals surface area contributed by atoms with Gasteiger partial charge in [0.25, 0.3) is 5.91 Å². The third kappa shape index (κ3) is 3.15. The number of hydrogen-bond donors (Lipinski definition) is 0. The number of hydrogen-bond acceptors (Lipinski definition) is 4. The standard InChI is InChI=1S/C22H23N3O2/c1-15-14-16(2)24(23-15)22(26)20-17(3)27-25(19-12-8-5-9-13-19)21(20)18-10-6-4-7-11-18/h4-14,17,20-21H,1-3H3/t17-,20-,21+/m1/s1. The van der Waals surface area contributed by atoms with Crippen molar-refractivity contribution >= 4 is 11.6 Å². The fourth-order valence-corrected chi connectivity index (χ4v) is 3.83. The van der Waals surface area contributed by atoms with Crippen LogP contribution in [0.2, 0.25) is 0 Å². The number of carbonyl (C=O) groups excluding carboxylic acids is 1. The zero-order chi connectivity index (χ0) is 19.0. The van der Waals surface area contributed by atoms with Gasteiger partial charge >= 0.3 is 0 Å². The lowest BCUT2D eigenvalue weighted by Crippen LogP contribution is -2.33. The van der Waals surface area contributed by atoms with Gasteiger partial charge in [0.1, 0.15) is 0 Å². The van der Waals surface area contributed by atoms with Crippen LogP contribution in [0.25, 0.3) is 0 Å². The average molecular weight is 361 g/mol. The maximum atomic E-state index is 13.4. The van der Waals surface area contributed by atoms with E-state index in [9.17, 15) is 4.79 Å². The van der Waals surface area contributed by atoms with Gasteiger partial charge in [0.15, 0.2) is 0 Å². The molecule has 1 fully saturated rings. The highest BCUT2D eigenvalue weighted by molar-refractivity contribution is 5.84. The summed E-state index contributed by atoms with van der Waals surface area (Å²) in [5.74, 6) is -0.411. The minimum Gasteiger partial charge on any atom is -0.272 e. The second kappa shape index (κ2) is 7.00. The van der Waals surface area contributed by atoms with E-state index in [0.29, 0.717) is 0 Å². The minimum absolute atomic E-state index is 0.0413. The highest BCUT2D eigenvalue weighted by atomic mass is 16.7. The van der Waals surface area contributed by atoms with Crippen LogP contribution < -0.4 is 5.06 Å². The number of rotatable bonds is 3. The minimum atomic E-state index is -0.370. The normalized spacial score (nSPS) is 22.2. The van der Waals surface area contributed by atoms with Crippen LogP contribution in [0.5, 0.6) is 0 Å². The first kappa shape index (κ1) is 17.5. The topological polar surface area (TPSA) is 47.4 Å². The number of hydroxylamine groups is 1. The van der Waals surface area contributed by atoms with E-state index in [2.05, 4.69) is 5.10 Å². The monoisotopic (exact) mass is 361 g/mol. The zero-order valence-electron chi connectivity index (χ0n) is 15.7. The van der Waals surface area contributed by atoms with E-state index < -0.39 is 0 Å². The smallest absolute Gasteiger partial charge is 0.255 e. The third-order valence-corrected chi connectivity index (χ3v) is 5.03. The largest absolute Gasteiger partial charge is 0.272 e. The van der Waals surface area contributed by atoms with Crippen molar-refractivity contribution < 1.29 is 9.63 Å². The Balaban J connectivity index is 1.79. The Kier molecular flexibility index (Phi) is 4.54. The lowest BCUT2D eigenvalue weighted by atomic mass is 9.89. The van der Waals surface area contributed by atoms with Crippen molar-refractivity contribution in [2.75, 3.05) is 5.06 Å². The van der Waals surface area contributed by atoms with Crippen molar-refractivity contribution in [1.29, 1.82) is 0 Å². The third-order valence-electron chi connectivity index (χ3n) is 5.03. The van der Waals surface area contributed by atoms with Gasteiger partial charge in [0, 0.05) is 5.69 Å². The predicted octanol–water partition coefficient (Wildman–Crippen LogP) is 4.34. The molecular formula is C22H23N3O2. The molecule has 1 aliphatic heterocycles. The summed E-state index contributed by atoms with van der Waals surface area (Å²) in [5, 5.41) is 6.28. The summed E-state index contributed by atoms with van der Waals surface area (Å²) < 4.78 is 1.52. The summed E-state index contributed by atoms with van der Waals surface area (Å²) in [6.45, 7) is 5.76. The van der Waals surface area contributed by atoms with Crippen molar-refractivity contribution in [2.45, 2.75) is 32.9 Å². The quantitative estimate of drug-likeness (QED) is 0.696. The molecule has 5 nitrogen and oxygen atoms in total. The lowest BCUT2D eigenvalue weighted by molar-refractivity contribution is 0.0617. The first-order chi connectivity index (χ1) is 13.1. The van der Waals surface area contributed by atoms with Crippen molar-refractivity contribution in [3.05, 3.63) is 83.7 Å². The molecule has 0 amide bonds. The fourth-order valence-electron chi connectivity index (χ4n) is 3.83. The first-order valence-electron chi connectivity index (χ1n) is 9.20. The molecular weight excluding hydrogens is 338 g/mol. The van der Waals surface area contributed by atoms with E-state index in [1.54, 1.807) is 0 Å². The van der Waals surface area contributed by atoms with Gasteiger partial charge in [0.2, 0.25) is 0 Å². The number of aromatic nitrogens is 2. The Bertz CT molecular complexity index is 937. The van der Waals surface area contributed by atoms with Crippen molar-refractivity contribution in [3.8, 4) is 0 Å². The summed E-state index contributed by atoms with van der Waals surface area (Å²) in [4.78, 5) is 19.6. The summed E-state index contributed by atoms with van der Waals surface area (Å²) >= 11 is 0.